The zero-order valence-electron chi connectivity index (χ0n) is 18.0. The van der Waals surface area contributed by atoms with Gasteiger partial charge < -0.3 is 10.6 Å². The van der Waals surface area contributed by atoms with Gasteiger partial charge in [-0.3, -0.25) is 9.69 Å². The lowest BCUT2D eigenvalue weighted by molar-refractivity contribution is -0.194. The molecule has 0 aromatic heterocycles. The lowest BCUT2D eigenvalue weighted by atomic mass is 9.74. The maximum atomic E-state index is 13.1. The van der Waals surface area contributed by atoms with Crippen LogP contribution in [0.5, 0.6) is 0 Å². The normalized spacial score (nSPS) is 24.6. The molecule has 1 unspecified atom stereocenters. The SMILES string of the molecule is Cc1ccc(N2CCN(CCC3CCC(C(C(N)=O)C(F)(F)F)CC3)CC2)cc1C. The third-order valence-electron chi connectivity index (χ3n) is 7.10. The molecule has 4 nitrogen and oxygen atoms in total. The van der Waals surface area contributed by atoms with Crippen LogP contribution in [-0.2, 0) is 4.79 Å². The van der Waals surface area contributed by atoms with E-state index < -0.39 is 23.9 Å². The van der Waals surface area contributed by atoms with Crippen LogP contribution in [0.1, 0.15) is 43.2 Å². The number of carbonyl (C=O) groups excluding carboxylic acids is 1. The zero-order valence-corrected chi connectivity index (χ0v) is 18.0. The van der Waals surface area contributed by atoms with Gasteiger partial charge in [0, 0.05) is 31.9 Å². The summed E-state index contributed by atoms with van der Waals surface area (Å²) >= 11 is 0. The number of aryl methyl sites for hydroxylation is 2. The van der Waals surface area contributed by atoms with Gasteiger partial charge in [-0.25, -0.2) is 0 Å². The molecule has 1 aliphatic carbocycles. The fourth-order valence-corrected chi connectivity index (χ4v) is 4.99. The van der Waals surface area contributed by atoms with E-state index in [-0.39, 0.29) is 0 Å². The Morgan fingerprint density at radius 1 is 1.07 bits per heavy atom. The number of primary amides is 1. The summed E-state index contributed by atoms with van der Waals surface area (Å²) in [5.74, 6) is -3.43. The van der Waals surface area contributed by atoms with Gasteiger partial charge in [-0.05, 0) is 74.8 Å². The summed E-state index contributed by atoms with van der Waals surface area (Å²) in [6.07, 6.45) is -1.11. The number of nitrogens with two attached hydrogens (primary N) is 1. The van der Waals surface area contributed by atoms with Crippen molar-refractivity contribution in [3.8, 4) is 0 Å². The van der Waals surface area contributed by atoms with E-state index in [0.717, 1.165) is 52.0 Å². The molecule has 168 valence electrons. The molecule has 1 aromatic carbocycles. The summed E-state index contributed by atoms with van der Waals surface area (Å²) in [7, 11) is 0. The summed E-state index contributed by atoms with van der Waals surface area (Å²) in [6, 6.07) is 6.62. The number of anilines is 1. The molecule has 0 radical (unpaired) electrons. The molecule has 7 heteroatoms. The van der Waals surface area contributed by atoms with Crippen LogP contribution in [-0.4, -0.2) is 49.7 Å². The zero-order chi connectivity index (χ0) is 21.9. The second-order valence-corrected chi connectivity index (χ2v) is 9.09. The Morgan fingerprint density at radius 3 is 2.23 bits per heavy atom. The van der Waals surface area contributed by atoms with Crippen molar-refractivity contribution in [2.45, 2.75) is 52.1 Å². The molecule has 1 atom stereocenters. The van der Waals surface area contributed by atoms with E-state index in [1.165, 1.54) is 16.8 Å². The second kappa shape index (κ2) is 9.58. The molecule has 0 bridgehead atoms. The van der Waals surface area contributed by atoms with Gasteiger partial charge in [-0.1, -0.05) is 18.9 Å². The second-order valence-electron chi connectivity index (χ2n) is 9.09. The highest BCUT2D eigenvalue weighted by molar-refractivity contribution is 5.77. The van der Waals surface area contributed by atoms with Gasteiger partial charge in [0.2, 0.25) is 5.91 Å². The molecular formula is C23H34F3N3O. The summed E-state index contributed by atoms with van der Waals surface area (Å²) < 4.78 is 39.4. The Balaban J connectivity index is 1.40. The predicted octanol–water partition coefficient (Wildman–Crippen LogP) is 4.29. The molecule has 2 fully saturated rings. The van der Waals surface area contributed by atoms with Gasteiger partial charge in [0.25, 0.3) is 0 Å². The van der Waals surface area contributed by atoms with Crippen LogP contribution in [0.4, 0.5) is 18.9 Å². The van der Waals surface area contributed by atoms with Crippen LogP contribution in [0.2, 0.25) is 0 Å². The Labute approximate surface area is 177 Å². The van der Waals surface area contributed by atoms with Gasteiger partial charge in [0.05, 0.1) is 0 Å². The summed E-state index contributed by atoms with van der Waals surface area (Å²) in [6.45, 7) is 9.29. The molecule has 30 heavy (non-hydrogen) atoms. The third kappa shape index (κ3) is 5.68. The van der Waals surface area contributed by atoms with Crippen LogP contribution in [0.25, 0.3) is 0 Å². The fourth-order valence-electron chi connectivity index (χ4n) is 4.99. The van der Waals surface area contributed by atoms with Gasteiger partial charge >= 0.3 is 6.18 Å². The van der Waals surface area contributed by atoms with E-state index in [1.807, 2.05) is 0 Å². The number of piperazine rings is 1. The molecule has 1 saturated carbocycles. The van der Waals surface area contributed by atoms with Crippen molar-refractivity contribution >= 4 is 11.6 Å². The van der Waals surface area contributed by atoms with Crippen LogP contribution in [0.15, 0.2) is 18.2 Å². The first kappa shape index (κ1) is 22.9. The minimum Gasteiger partial charge on any atom is -0.369 e. The minimum absolute atomic E-state index is 0.443. The summed E-state index contributed by atoms with van der Waals surface area (Å²) in [4.78, 5) is 16.2. The number of alkyl halides is 3. The monoisotopic (exact) mass is 425 g/mol. The maximum absolute atomic E-state index is 13.1. The number of rotatable bonds is 6. The van der Waals surface area contributed by atoms with E-state index in [0.29, 0.717) is 18.8 Å². The molecule has 3 rings (SSSR count). The maximum Gasteiger partial charge on any atom is 0.400 e. The summed E-state index contributed by atoms with van der Waals surface area (Å²) in [5.41, 5.74) is 8.95. The van der Waals surface area contributed by atoms with E-state index in [2.05, 4.69) is 41.8 Å². The van der Waals surface area contributed by atoms with Crippen molar-refractivity contribution < 1.29 is 18.0 Å². The lowest BCUT2D eigenvalue weighted by Gasteiger charge is -2.38. The average molecular weight is 426 g/mol. The number of hydrogen-bond donors (Lipinski definition) is 1. The number of nitrogens with zero attached hydrogens (tertiary/aromatic N) is 2. The standard InChI is InChI=1S/C23H34F3N3O/c1-16-3-8-20(15-17(16)2)29-13-11-28(12-14-29)10-9-18-4-6-19(7-5-18)21(22(27)30)23(24,25)26/h3,8,15,18-19,21H,4-7,9-14H2,1-2H3,(H2,27,30). The molecule has 1 saturated heterocycles. The molecule has 2 N–H and O–H groups in total. The van der Waals surface area contributed by atoms with E-state index >= 15 is 0 Å². The lowest BCUT2D eigenvalue weighted by Crippen LogP contribution is -2.47. The minimum atomic E-state index is -4.53. The van der Waals surface area contributed by atoms with E-state index in [9.17, 15) is 18.0 Å². The number of carbonyl (C=O) groups is 1. The van der Waals surface area contributed by atoms with Crippen molar-refractivity contribution in [3.05, 3.63) is 29.3 Å². The Hall–Kier alpha value is -1.76. The largest absolute Gasteiger partial charge is 0.400 e. The Kier molecular flexibility index (Phi) is 7.32. The van der Waals surface area contributed by atoms with Crippen molar-refractivity contribution in [2.24, 2.45) is 23.5 Å². The van der Waals surface area contributed by atoms with Crippen molar-refractivity contribution in [1.82, 2.24) is 4.90 Å². The quantitative estimate of drug-likeness (QED) is 0.740. The predicted molar refractivity (Wildman–Crippen MR) is 113 cm³/mol. The first-order valence-corrected chi connectivity index (χ1v) is 11.1. The number of hydrogen-bond acceptors (Lipinski definition) is 3. The van der Waals surface area contributed by atoms with Crippen molar-refractivity contribution in [2.75, 3.05) is 37.6 Å². The number of benzene rings is 1. The molecule has 1 amide bonds. The molecule has 1 heterocycles. The highest BCUT2D eigenvalue weighted by atomic mass is 19.4. The number of amides is 1. The van der Waals surface area contributed by atoms with E-state index in [1.54, 1.807) is 0 Å². The van der Waals surface area contributed by atoms with Gasteiger partial charge in [0.15, 0.2) is 0 Å². The molecular weight excluding hydrogens is 391 g/mol. The van der Waals surface area contributed by atoms with Gasteiger partial charge in [-0.15, -0.1) is 0 Å². The third-order valence-corrected chi connectivity index (χ3v) is 7.10. The molecule has 1 aliphatic heterocycles. The van der Waals surface area contributed by atoms with Crippen LogP contribution < -0.4 is 10.6 Å². The number of halogens is 3. The van der Waals surface area contributed by atoms with Crippen LogP contribution >= 0.6 is 0 Å². The van der Waals surface area contributed by atoms with Crippen LogP contribution in [0.3, 0.4) is 0 Å². The molecule has 2 aliphatic rings. The van der Waals surface area contributed by atoms with E-state index in [4.69, 9.17) is 5.73 Å². The fraction of sp³-hybridized carbons (Fsp3) is 0.696. The van der Waals surface area contributed by atoms with Crippen molar-refractivity contribution in [3.63, 3.8) is 0 Å². The molecule has 1 aromatic rings. The first-order valence-electron chi connectivity index (χ1n) is 11.1. The molecule has 0 spiro atoms. The highest BCUT2D eigenvalue weighted by Crippen LogP contribution is 2.41. The first-order chi connectivity index (χ1) is 14.1. The van der Waals surface area contributed by atoms with Crippen molar-refractivity contribution in [1.29, 1.82) is 0 Å². The highest BCUT2D eigenvalue weighted by Gasteiger charge is 2.49. The van der Waals surface area contributed by atoms with Gasteiger partial charge in [0.1, 0.15) is 5.92 Å². The smallest absolute Gasteiger partial charge is 0.369 e. The summed E-state index contributed by atoms with van der Waals surface area (Å²) in [5, 5.41) is 0. The van der Waals surface area contributed by atoms with Crippen LogP contribution in [0, 0.1) is 31.6 Å². The average Bonchev–Trinajstić information content (AvgIpc) is 2.69. The topological polar surface area (TPSA) is 49.6 Å². The Bertz CT molecular complexity index is 721. The Morgan fingerprint density at radius 2 is 1.70 bits per heavy atom. The van der Waals surface area contributed by atoms with Gasteiger partial charge in [-0.2, -0.15) is 13.2 Å².